The van der Waals surface area contributed by atoms with E-state index in [1.807, 2.05) is 0 Å². The van der Waals surface area contributed by atoms with Gasteiger partial charge in [-0.3, -0.25) is 14.5 Å². The van der Waals surface area contributed by atoms with Crippen molar-refractivity contribution in [2.45, 2.75) is 162 Å². The standard InChI is InChI=1S/C38H65N2O4.BrH/c1-6-15-35(42)44-36-33(40(7-2)22-13-8-9-14-23-40)25-31-29-17-16-28-24-34(43-27(3)41)32(39-20-11-10-12-21-39)26-38(28,5)30(29)18-19-37(31,36)4;/h28-34,36H,6-26H2,1-5H3;1H/q+1;/p-1/t28-,29+,30-,31-,32-,33-,34-,36-,37-,38-;/m0./s1. The molecule has 6 rings (SSSR count). The normalized spacial score (nSPS) is 43.0. The first-order valence-electron chi connectivity index (χ1n) is 19.1. The molecule has 4 saturated carbocycles. The first-order valence-corrected chi connectivity index (χ1v) is 19.1. The van der Waals surface area contributed by atoms with E-state index in [1.165, 1.54) is 101 Å². The molecule has 0 spiro atoms. The van der Waals surface area contributed by atoms with Gasteiger partial charge in [-0.25, -0.2) is 0 Å². The lowest BCUT2D eigenvalue weighted by Crippen LogP contribution is -3.00. The third-order valence-corrected chi connectivity index (χ3v) is 14.8. The van der Waals surface area contributed by atoms with Gasteiger partial charge in [0.1, 0.15) is 12.1 Å². The van der Waals surface area contributed by atoms with Gasteiger partial charge in [-0.05, 0) is 133 Å². The summed E-state index contributed by atoms with van der Waals surface area (Å²) in [5, 5.41) is 0. The number of esters is 2. The third kappa shape index (κ3) is 6.55. The molecule has 6 fully saturated rings. The molecule has 0 aromatic carbocycles. The molecule has 0 amide bonds. The number of carbonyl (C=O) groups excluding carboxylic acids is 2. The topological polar surface area (TPSA) is 55.8 Å². The number of halogens is 1. The summed E-state index contributed by atoms with van der Waals surface area (Å²) in [4.78, 5) is 28.2. The number of hydrogen-bond acceptors (Lipinski definition) is 5. The van der Waals surface area contributed by atoms with Crippen LogP contribution in [0.2, 0.25) is 0 Å². The number of carbonyl (C=O) groups is 2. The van der Waals surface area contributed by atoms with E-state index in [1.54, 1.807) is 6.92 Å². The molecule has 258 valence electrons. The quantitative estimate of drug-likeness (QED) is 0.290. The number of hydrogen-bond donors (Lipinski definition) is 0. The molecule has 4 aliphatic carbocycles. The van der Waals surface area contributed by atoms with Crippen molar-refractivity contribution in [1.29, 1.82) is 0 Å². The van der Waals surface area contributed by atoms with Gasteiger partial charge in [0.15, 0.2) is 6.10 Å². The van der Waals surface area contributed by atoms with Gasteiger partial charge in [-0.1, -0.05) is 27.2 Å². The zero-order valence-electron chi connectivity index (χ0n) is 29.4. The second-order valence-corrected chi connectivity index (χ2v) is 16.8. The van der Waals surface area contributed by atoms with Gasteiger partial charge < -0.3 is 30.9 Å². The molecule has 0 unspecified atom stereocenters. The predicted molar refractivity (Wildman–Crippen MR) is 175 cm³/mol. The lowest BCUT2D eigenvalue weighted by atomic mass is 9.44. The molecule has 0 aromatic heterocycles. The molecule has 10 atom stereocenters. The van der Waals surface area contributed by atoms with Crippen molar-refractivity contribution < 1.29 is 40.5 Å². The second-order valence-electron chi connectivity index (χ2n) is 16.8. The largest absolute Gasteiger partial charge is 1.00 e. The number of likely N-dealkylation sites (N-methyl/N-ethyl adjacent to an activating group) is 1. The number of fused-ring (bicyclic) bond motifs is 5. The summed E-state index contributed by atoms with van der Waals surface area (Å²) in [5.74, 6) is 2.63. The molecule has 2 aliphatic heterocycles. The van der Waals surface area contributed by atoms with Gasteiger partial charge in [0.2, 0.25) is 0 Å². The third-order valence-electron chi connectivity index (χ3n) is 14.8. The highest BCUT2D eigenvalue weighted by molar-refractivity contribution is 5.69. The smallest absolute Gasteiger partial charge is 0.306 e. The van der Waals surface area contributed by atoms with Crippen LogP contribution in [0.3, 0.4) is 0 Å². The molecule has 2 heterocycles. The van der Waals surface area contributed by atoms with Crippen LogP contribution in [-0.2, 0) is 19.1 Å². The number of piperidine rings is 1. The summed E-state index contributed by atoms with van der Waals surface area (Å²) in [6.07, 6.45) is 19.2. The lowest BCUT2D eigenvalue weighted by Gasteiger charge is -2.62. The molecule has 0 N–H and O–H groups in total. The van der Waals surface area contributed by atoms with Crippen LogP contribution in [-0.4, -0.2) is 78.3 Å². The highest BCUT2D eigenvalue weighted by Gasteiger charge is 2.67. The number of nitrogens with zero attached hydrogens (tertiary/aromatic N) is 2. The Morgan fingerprint density at radius 2 is 1.53 bits per heavy atom. The Bertz CT molecular complexity index is 1030. The molecule has 2 saturated heterocycles. The minimum atomic E-state index is -0.107. The Kier molecular flexibility index (Phi) is 11.4. The molecule has 0 aromatic rings. The van der Waals surface area contributed by atoms with Crippen molar-refractivity contribution >= 4 is 11.9 Å². The Labute approximate surface area is 285 Å². The maximum Gasteiger partial charge on any atom is 0.306 e. The van der Waals surface area contributed by atoms with Crippen LogP contribution in [0.15, 0.2) is 0 Å². The molecular weight excluding hydrogens is 628 g/mol. The maximum atomic E-state index is 13.3. The van der Waals surface area contributed by atoms with E-state index >= 15 is 0 Å². The van der Waals surface area contributed by atoms with E-state index in [-0.39, 0.29) is 52.0 Å². The Morgan fingerprint density at radius 1 is 0.844 bits per heavy atom. The second kappa shape index (κ2) is 14.4. The highest BCUT2D eigenvalue weighted by atomic mass is 79.9. The minimum Gasteiger partial charge on any atom is -1.00 e. The molecule has 45 heavy (non-hydrogen) atoms. The fourth-order valence-electron chi connectivity index (χ4n) is 12.5. The first kappa shape index (κ1) is 35.6. The monoisotopic (exact) mass is 692 g/mol. The van der Waals surface area contributed by atoms with E-state index in [0.29, 0.717) is 36.3 Å². The van der Waals surface area contributed by atoms with Gasteiger partial charge in [0.05, 0.1) is 19.6 Å². The van der Waals surface area contributed by atoms with Crippen molar-refractivity contribution in [3.63, 3.8) is 0 Å². The van der Waals surface area contributed by atoms with E-state index in [2.05, 4.69) is 32.6 Å². The van der Waals surface area contributed by atoms with Crippen molar-refractivity contribution in [1.82, 2.24) is 4.90 Å². The van der Waals surface area contributed by atoms with Gasteiger partial charge in [-0.2, -0.15) is 0 Å². The molecule has 6 nitrogen and oxygen atoms in total. The number of quaternary nitrogens is 1. The van der Waals surface area contributed by atoms with Gasteiger partial charge in [-0.15, -0.1) is 0 Å². The summed E-state index contributed by atoms with van der Waals surface area (Å²) in [6, 6.07) is 0.802. The summed E-state index contributed by atoms with van der Waals surface area (Å²) in [7, 11) is 0. The average molecular weight is 694 g/mol. The zero-order chi connectivity index (χ0) is 31.1. The van der Waals surface area contributed by atoms with Gasteiger partial charge in [0, 0.05) is 31.2 Å². The Morgan fingerprint density at radius 3 is 2.18 bits per heavy atom. The summed E-state index contributed by atoms with van der Waals surface area (Å²) in [6.45, 7) is 17.3. The van der Waals surface area contributed by atoms with Gasteiger partial charge in [0.25, 0.3) is 0 Å². The van der Waals surface area contributed by atoms with Crippen LogP contribution >= 0.6 is 0 Å². The van der Waals surface area contributed by atoms with Crippen molar-refractivity contribution in [3.8, 4) is 0 Å². The van der Waals surface area contributed by atoms with Gasteiger partial charge >= 0.3 is 11.9 Å². The number of likely N-dealkylation sites (tertiary alicyclic amines) is 2. The Balaban J connectivity index is 0.00000400. The van der Waals surface area contributed by atoms with Crippen LogP contribution in [0.1, 0.15) is 137 Å². The lowest BCUT2D eigenvalue weighted by molar-refractivity contribution is -0.951. The summed E-state index contributed by atoms with van der Waals surface area (Å²) in [5.41, 5.74) is 0.363. The molecular formula is C38H65BrN2O4. The van der Waals surface area contributed by atoms with Crippen LogP contribution in [0, 0.1) is 34.5 Å². The maximum absolute atomic E-state index is 13.3. The molecule has 7 heteroatoms. The number of ether oxygens (including phenoxy) is 2. The summed E-state index contributed by atoms with van der Waals surface area (Å²) < 4.78 is 14.0. The fraction of sp³-hybridized carbons (Fsp3) is 0.947. The van der Waals surface area contributed by atoms with E-state index in [9.17, 15) is 9.59 Å². The zero-order valence-corrected chi connectivity index (χ0v) is 31.0. The molecule has 0 bridgehead atoms. The van der Waals surface area contributed by atoms with E-state index in [4.69, 9.17) is 9.47 Å². The Hall–Kier alpha value is -0.660. The highest BCUT2D eigenvalue weighted by Crippen LogP contribution is 2.68. The van der Waals surface area contributed by atoms with E-state index in [0.717, 1.165) is 38.4 Å². The predicted octanol–water partition coefficient (Wildman–Crippen LogP) is 4.53. The van der Waals surface area contributed by atoms with E-state index < -0.39 is 0 Å². The fourth-order valence-corrected chi connectivity index (χ4v) is 12.5. The van der Waals surface area contributed by atoms with Crippen molar-refractivity contribution in [2.75, 3.05) is 32.7 Å². The van der Waals surface area contributed by atoms with Crippen LogP contribution in [0.5, 0.6) is 0 Å². The van der Waals surface area contributed by atoms with Crippen molar-refractivity contribution in [2.24, 2.45) is 34.5 Å². The molecule has 0 radical (unpaired) electrons. The van der Waals surface area contributed by atoms with Crippen LogP contribution in [0.25, 0.3) is 0 Å². The first-order chi connectivity index (χ1) is 21.1. The van der Waals surface area contributed by atoms with Crippen LogP contribution < -0.4 is 17.0 Å². The molecule has 6 aliphatic rings. The SMILES string of the molecule is CCCC(=O)O[C@H]1[C@@H]([N+]2(CC)CCCCCC2)C[C@H]2[C@@H]3CC[C@H]4C[C@H](OC(C)=O)[C@@H](N5CCCCC5)C[C@]4(C)[C@H]3CC[C@@]21C.[Br-]. The van der Waals surface area contributed by atoms with Crippen LogP contribution in [0.4, 0.5) is 0 Å². The number of rotatable bonds is 7. The minimum absolute atomic E-state index is 0. The summed E-state index contributed by atoms with van der Waals surface area (Å²) >= 11 is 0. The van der Waals surface area contributed by atoms with Crippen molar-refractivity contribution in [3.05, 3.63) is 0 Å². The average Bonchev–Trinajstić information content (AvgIpc) is 3.14.